The number of halogens is 1. The highest BCUT2D eigenvalue weighted by molar-refractivity contribution is 5.64. The van der Waals surface area contributed by atoms with Crippen LogP contribution >= 0.6 is 0 Å². The summed E-state index contributed by atoms with van der Waals surface area (Å²) in [6.45, 7) is 1.98. The summed E-state index contributed by atoms with van der Waals surface area (Å²) >= 11 is 0. The normalized spacial score (nSPS) is 19.2. The van der Waals surface area contributed by atoms with Crippen molar-refractivity contribution >= 4 is 11.5 Å². The molecule has 5 rings (SSSR count). The smallest absolute Gasteiger partial charge is 0.154 e. The van der Waals surface area contributed by atoms with E-state index in [1.54, 1.807) is 6.07 Å². The molecule has 0 aliphatic heterocycles. The van der Waals surface area contributed by atoms with E-state index in [1.165, 1.54) is 12.1 Å². The highest BCUT2D eigenvalue weighted by atomic mass is 19.1. The lowest BCUT2D eigenvalue weighted by atomic mass is 10.1. The van der Waals surface area contributed by atoms with Crippen LogP contribution in [0.15, 0.2) is 66.9 Å². The van der Waals surface area contributed by atoms with Gasteiger partial charge in [0.2, 0.25) is 0 Å². The van der Waals surface area contributed by atoms with Gasteiger partial charge in [0.15, 0.2) is 5.65 Å². The molecule has 0 spiro atoms. The molecule has 4 aromatic rings. The average molecular weight is 432 g/mol. The van der Waals surface area contributed by atoms with E-state index in [4.69, 9.17) is 15.6 Å². The van der Waals surface area contributed by atoms with E-state index in [1.807, 2.05) is 60.1 Å². The molecule has 1 aliphatic carbocycles. The summed E-state index contributed by atoms with van der Waals surface area (Å²) in [6.07, 6.45) is 5.04. The van der Waals surface area contributed by atoms with Crippen molar-refractivity contribution in [2.24, 2.45) is 5.73 Å². The summed E-state index contributed by atoms with van der Waals surface area (Å²) in [5.74, 6) is 1.26. The van der Waals surface area contributed by atoms with Crippen LogP contribution in [-0.4, -0.2) is 26.7 Å². The van der Waals surface area contributed by atoms with Crippen LogP contribution in [0.1, 0.15) is 37.8 Å². The molecule has 7 heteroatoms. The van der Waals surface area contributed by atoms with E-state index in [0.717, 1.165) is 47.5 Å². The number of anilines is 1. The molecule has 0 unspecified atom stereocenters. The van der Waals surface area contributed by atoms with Crippen molar-refractivity contribution in [3.05, 3.63) is 78.2 Å². The van der Waals surface area contributed by atoms with Crippen LogP contribution in [0.2, 0.25) is 0 Å². The molecule has 2 heterocycles. The van der Waals surface area contributed by atoms with Crippen molar-refractivity contribution in [1.29, 1.82) is 0 Å². The maximum atomic E-state index is 13.6. The second-order valence-electron chi connectivity index (χ2n) is 8.33. The zero-order valence-corrected chi connectivity index (χ0v) is 17.9. The predicted molar refractivity (Wildman–Crippen MR) is 123 cm³/mol. The van der Waals surface area contributed by atoms with Crippen LogP contribution in [-0.2, 0) is 0 Å². The number of ether oxygens (including phenoxy) is 1. The number of fused-ring (bicyclic) bond motifs is 1. The first-order valence-electron chi connectivity index (χ1n) is 11.0. The fraction of sp³-hybridized carbons (Fsp3) is 0.280. The van der Waals surface area contributed by atoms with E-state index in [2.05, 4.69) is 10.3 Å². The van der Waals surface area contributed by atoms with E-state index < -0.39 is 0 Å². The molecule has 3 atom stereocenters. The first kappa shape index (κ1) is 20.5. The largest absolute Gasteiger partial charge is 0.489 e. The SMILES string of the molecule is C[C@@H](Nc1ccc2ncc(-c3ccc(O[C@@H]4CCC[C@@H]4N)cc3)n2n1)c1cccc(F)c1. The summed E-state index contributed by atoms with van der Waals surface area (Å²) in [6, 6.07) is 18.3. The van der Waals surface area contributed by atoms with Crippen molar-refractivity contribution in [2.75, 3.05) is 5.32 Å². The standard InChI is InChI=1S/C25H26FN5O/c1-16(18-4-2-5-19(26)14-18)29-24-12-13-25-28-15-22(31(25)30-24)17-8-10-20(11-9-17)32-23-7-3-6-21(23)27/h2,4-5,8-16,21,23H,3,6-7,27H2,1H3,(H,29,30)/t16-,21+,23-/m1/s1. The van der Waals surface area contributed by atoms with Gasteiger partial charge in [-0.3, -0.25) is 0 Å². The predicted octanol–water partition coefficient (Wildman–Crippen LogP) is 4.97. The van der Waals surface area contributed by atoms with Crippen molar-refractivity contribution in [3.8, 4) is 17.0 Å². The molecule has 0 amide bonds. The molecule has 0 radical (unpaired) electrons. The molecule has 32 heavy (non-hydrogen) atoms. The van der Waals surface area contributed by atoms with E-state index in [9.17, 15) is 4.39 Å². The minimum atomic E-state index is -0.251. The van der Waals surface area contributed by atoms with Crippen LogP contribution in [0.3, 0.4) is 0 Å². The summed E-state index contributed by atoms with van der Waals surface area (Å²) in [7, 11) is 0. The molecule has 2 aromatic heterocycles. The fourth-order valence-electron chi connectivity index (χ4n) is 4.21. The number of nitrogens with zero attached hydrogens (tertiary/aromatic N) is 3. The summed E-state index contributed by atoms with van der Waals surface area (Å²) in [5, 5.41) is 8.06. The lowest BCUT2D eigenvalue weighted by molar-refractivity contribution is 0.191. The van der Waals surface area contributed by atoms with Gasteiger partial charge in [-0.25, -0.2) is 13.9 Å². The summed E-state index contributed by atoms with van der Waals surface area (Å²) < 4.78 is 21.4. The Bertz CT molecular complexity index is 1220. The van der Waals surface area contributed by atoms with Crippen LogP contribution in [0.25, 0.3) is 16.9 Å². The number of nitrogens with one attached hydrogen (secondary N) is 1. The first-order valence-corrected chi connectivity index (χ1v) is 11.0. The van der Waals surface area contributed by atoms with Crippen LogP contribution in [0.5, 0.6) is 5.75 Å². The second kappa shape index (κ2) is 8.59. The van der Waals surface area contributed by atoms with Gasteiger partial charge in [0, 0.05) is 11.6 Å². The van der Waals surface area contributed by atoms with Gasteiger partial charge in [-0.1, -0.05) is 12.1 Å². The summed E-state index contributed by atoms with van der Waals surface area (Å²) in [4.78, 5) is 4.48. The van der Waals surface area contributed by atoms with Crippen LogP contribution in [0.4, 0.5) is 10.2 Å². The Morgan fingerprint density at radius 2 is 1.97 bits per heavy atom. The number of hydrogen-bond donors (Lipinski definition) is 2. The lowest BCUT2D eigenvalue weighted by Gasteiger charge is -2.18. The van der Waals surface area contributed by atoms with Crippen LogP contribution in [0, 0.1) is 5.82 Å². The van der Waals surface area contributed by atoms with E-state index in [-0.39, 0.29) is 24.0 Å². The third-order valence-electron chi connectivity index (χ3n) is 6.02. The number of aromatic nitrogens is 3. The molecule has 2 aromatic carbocycles. The number of hydrogen-bond acceptors (Lipinski definition) is 5. The van der Waals surface area contributed by atoms with Crippen molar-refractivity contribution in [2.45, 2.75) is 44.4 Å². The minimum absolute atomic E-state index is 0.0898. The third kappa shape index (κ3) is 4.16. The molecule has 0 saturated heterocycles. The Morgan fingerprint density at radius 1 is 1.12 bits per heavy atom. The number of nitrogens with two attached hydrogens (primary N) is 1. The third-order valence-corrected chi connectivity index (χ3v) is 6.02. The van der Waals surface area contributed by atoms with E-state index >= 15 is 0 Å². The first-order chi connectivity index (χ1) is 15.6. The Labute approximate surface area is 186 Å². The van der Waals surface area contributed by atoms with Gasteiger partial charge in [0.05, 0.1) is 17.9 Å². The van der Waals surface area contributed by atoms with Gasteiger partial charge in [0.25, 0.3) is 0 Å². The molecular formula is C25H26FN5O. The quantitative estimate of drug-likeness (QED) is 0.451. The Balaban J connectivity index is 1.36. The summed E-state index contributed by atoms with van der Waals surface area (Å²) in [5.41, 5.74) is 9.60. The maximum absolute atomic E-state index is 13.6. The van der Waals surface area contributed by atoms with Crippen molar-refractivity contribution in [3.63, 3.8) is 0 Å². The van der Waals surface area contributed by atoms with Crippen molar-refractivity contribution < 1.29 is 9.13 Å². The molecule has 164 valence electrons. The second-order valence-corrected chi connectivity index (χ2v) is 8.33. The lowest BCUT2D eigenvalue weighted by Crippen LogP contribution is -2.33. The zero-order chi connectivity index (χ0) is 22.1. The highest BCUT2D eigenvalue weighted by Crippen LogP contribution is 2.27. The zero-order valence-electron chi connectivity index (χ0n) is 17.9. The van der Waals surface area contributed by atoms with Gasteiger partial charge >= 0.3 is 0 Å². The molecule has 3 N–H and O–H groups in total. The van der Waals surface area contributed by atoms with Crippen LogP contribution < -0.4 is 15.8 Å². The molecule has 1 aliphatic rings. The monoisotopic (exact) mass is 431 g/mol. The molecule has 1 fully saturated rings. The molecular weight excluding hydrogens is 405 g/mol. The fourth-order valence-corrected chi connectivity index (χ4v) is 4.21. The molecule has 6 nitrogen and oxygen atoms in total. The average Bonchev–Trinajstić information content (AvgIpc) is 3.40. The highest BCUT2D eigenvalue weighted by Gasteiger charge is 2.25. The van der Waals surface area contributed by atoms with E-state index in [0.29, 0.717) is 5.82 Å². The minimum Gasteiger partial charge on any atom is -0.489 e. The Hall–Kier alpha value is -3.45. The van der Waals surface area contributed by atoms with Gasteiger partial charge in [0.1, 0.15) is 23.5 Å². The Morgan fingerprint density at radius 3 is 2.72 bits per heavy atom. The topological polar surface area (TPSA) is 77.5 Å². The van der Waals surface area contributed by atoms with Gasteiger partial charge < -0.3 is 15.8 Å². The molecule has 1 saturated carbocycles. The van der Waals surface area contributed by atoms with Crippen molar-refractivity contribution in [1.82, 2.24) is 14.6 Å². The number of benzene rings is 2. The number of imidazole rings is 1. The maximum Gasteiger partial charge on any atom is 0.154 e. The number of rotatable bonds is 6. The Kier molecular flexibility index (Phi) is 5.49. The van der Waals surface area contributed by atoms with Gasteiger partial charge in [-0.2, -0.15) is 0 Å². The van der Waals surface area contributed by atoms with Gasteiger partial charge in [-0.05, 0) is 80.3 Å². The molecule has 0 bridgehead atoms. The van der Waals surface area contributed by atoms with Gasteiger partial charge in [-0.15, -0.1) is 5.10 Å².